The predicted octanol–water partition coefficient (Wildman–Crippen LogP) is 3.23. The molecule has 28 heavy (non-hydrogen) atoms. The van der Waals surface area contributed by atoms with Crippen LogP contribution in [0.15, 0.2) is 29.3 Å². The largest absolute Gasteiger partial charge is 0.435 e. The number of rotatable bonds is 12. The van der Waals surface area contributed by atoms with Crippen molar-refractivity contribution >= 4 is 29.9 Å². The number of nitrogens with zero attached hydrogens (tertiary/aromatic N) is 2. The molecule has 9 heteroatoms. The van der Waals surface area contributed by atoms with Crippen molar-refractivity contribution in [3.05, 3.63) is 29.8 Å². The highest BCUT2D eigenvalue weighted by Crippen LogP contribution is 2.19. The fourth-order valence-corrected chi connectivity index (χ4v) is 2.55. The number of aliphatic imine (C=N–C) groups is 1. The zero-order chi connectivity index (χ0) is 20.1. The third kappa shape index (κ3) is 11.0. The molecule has 0 aliphatic rings. The highest BCUT2D eigenvalue weighted by Gasteiger charge is 2.09. The summed E-state index contributed by atoms with van der Waals surface area (Å²) < 4.78 is 28.6. The Labute approximate surface area is 183 Å². The van der Waals surface area contributed by atoms with Crippen LogP contribution >= 0.6 is 24.0 Å². The lowest BCUT2D eigenvalue weighted by Crippen LogP contribution is -2.39. The van der Waals surface area contributed by atoms with Gasteiger partial charge in [-0.25, -0.2) is 0 Å². The zero-order valence-electron chi connectivity index (χ0n) is 16.8. The molecule has 162 valence electrons. The number of guanidine groups is 1. The first kappa shape index (κ1) is 26.8. The lowest BCUT2D eigenvalue weighted by atomic mass is 10.1. The molecule has 6 nitrogen and oxygen atoms in total. The van der Waals surface area contributed by atoms with Gasteiger partial charge in [0.25, 0.3) is 0 Å². The lowest BCUT2D eigenvalue weighted by Gasteiger charge is -2.18. The molecule has 0 saturated carbocycles. The van der Waals surface area contributed by atoms with Crippen LogP contribution in [0.1, 0.15) is 38.9 Å². The van der Waals surface area contributed by atoms with Gasteiger partial charge in [0.2, 0.25) is 0 Å². The van der Waals surface area contributed by atoms with Crippen LogP contribution in [0, 0.1) is 0 Å². The van der Waals surface area contributed by atoms with Crippen LogP contribution in [0.25, 0.3) is 0 Å². The molecule has 0 saturated heterocycles. The molecule has 0 bridgehead atoms. The van der Waals surface area contributed by atoms with Crippen molar-refractivity contribution in [3.8, 4) is 5.75 Å². The van der Waals surface area contributed by atoms with Crippen molar-refractivity contribution in [1.82, 2.24) is 15.5 Å². The number of hydrogen-bond donors (Lipinski definition) is 3. The van der Waals surface area contributed by atoms with E-state index in [2.05, 4.69) is 39.1 Å². The third-order valence-corrected chi connectivity index (χ3v) is 4.09. The van der Waals surface area contributed by atoms with Gasteiger partial charge in [-0.05, 0) is 50.7 Å². The summed E-state index contributed by atoms with van der Waals surface area (Å²) in [6.07, 6.45) is 0.178. The summed E-state index contributed by atoms with van der Waals surface area (Å²) in [5.41, 5.74) is 0.595. The van der Waals surface area contributed by atoms with E-state index in [1.54, 1.807) is 12.1 Å². The Balaban J connectivity index is 0.00000729. The molecule has 1 aromatic carbocycles. The number of nitrogens with one attached hydrogen (secondary N) is 2. The Bertz CT molecular complexity index is 543. The topological polar surface area (TPSA) is 69.1 Å². The molecule has 0 aliphatic carbocycles. The first-order valence-corrected chi connectivity index (χ1v) is 9.47. The first-order valence-electron chi connectivity index (χ1n) is 9.47. The van der Waals surface area contributed by atoms with Crippen LogP contribution in [-0.2, 0) is 0 Å². The van der Waals surface area contributed by atoms with E-state index in [9.17, 15) is 13.9 Å². The second-order valence-corrected chi connectivity index (χ2v) is 5.99. The molecule has 0 aromatic heterocycles. The Morgan fingerprint density at radius 2 is 1.79 bits per heavy atom. The highest BCUT2D eigenvalue weighted by molar-refractivity contribution is 14.0. The van der Waals surface area contributed by atoms with Crippen molar-refractivity contribution in [2.75, 3.05) is 39.3 Å². The fourth-order valence-electron chi connectivity index (χ4n) is 2.55. The zero-order valence-corrected chi connectivity index (χ0v) is 19.2. The van der Waals surface area contributed by atoms with Gasteiger partial charge in [0.05, 0.1) is 12.6 Å². The lowest BCUT2D eigenvalue weighted by molar-refractivity contribution is -0.0498. The smallest absolute Gasteiger partial charge is 0.387 e. The number of benzene rings is 1. The quantitative estimate of drug-likeness (QED) is 0.173. The minimum absolute atomic E-state index is 0. The van der Waals surface area contributed by atoms with Gasteiger partial charge in [0.1, 0.15) is 5.75 Å². The molecule has 1 atom stereocenters. The molecule has 1 aromatic rings. The Kier molecular flexibility index (Phi) is 15.0. The summed E-state index contributed by atoms with van der Waals surface area (Å²) in [6.45, 7) is 8.19. The fraction of sp³-hybridized carbons (Fsp3) is 0.632. The van der Waals surface area contributed by atoms with E-state index in [4.69, 9.17) is 0 Å². The first-order chi connectivity index (χ1) is 13.0. The summed E-state index contributed by atoms with van der Waals surface area (Å²) in [7, 11) is 0. The van der Waals surface area contributed by atoms with Crippen molar-refractivity contribution in [1.29, 1.82) is 0 Å². The Hall–Kier alpha value is -1.20. The minimum atomic E-state index is -2.86. The maximum Gasteiger partial charge on any atom is 0.387 e. The molecule has 0 heterocycles. The number of aliphatic hydroxyl groups is 1. The number of ether oxygens (including phenoxy) is 1. The van der Waals surface area contributed by atoms with E-state index in [1.165, 1.54) is 12.1 Å². The molecule has 0 radical (unpaired) electrons. The van der Waals surface area contributed by atoms with E-state index in [1.807, 2.05) is 6.92 Å². The van der Waals surface area contributed by atoms with Crippen molar-refractivity contribution < 1.29 is 18.6 Å². The van der Waals surface area contributed by atoms with Crippen molar-refractivity contribution in [3.63, 3.8) is 0 Å². The van der Waals surface area contributed by atoms with Crippen LogP contribution in [-0.4, -0.2) is 61.8 Å². The van der Waals surface area contributed by atoms with Crippen LogP contribution in [0.3, 0.4) is 0 Å². The van der Waals surface area contributed by atoms with E-state index >= 15 is 0 Å². The monoisotopic (exact) mass is 514 g/mol. The Morgan fingerprint density at radius 1 is 1.14 bits per heavy atom. The molecule has 0 amide bonds. The van der Waals surface area contributed by atoms with Gasteiger partial charge >= 0.3 is 6.61 Å². The average Bonchev–Trinajstić information content (AvgIpc) is 2.66. The van der Waals surface area contributed by atoms with Gasteiger partial charge in [-0.3, -0.25) is 4.99 Å². The standard InChI is InChI=1S/C19H32F2N4O2.HI/c1-4-22-19(23-12-7-13-25(5-2)6-3)24-14-17(26)15-8-10-16(11-9-15)27-18(20)21;/h8-11,17-18,26H,4-7,12-14H2,1-3H3,(H2,22,23,24);1H. The summed E-state index contributed by atoms with van der Waals surface area (Å²) in [5.74, 6) is 0.710. The maximum absolute atomic E-state index is 12.2. The van der Waals surface area contributed by atoms with Gasteiger partial charge in [0, 0.05) is 13.1 Å². The molecule has 0 spiro atoms. The van der Waals surface area contributed by atoms with Gasteiger partial charge in [-0.1, -0.05) is 26.0 Å². The average molecular weight is 514 g/mol. The van der Waals surface area contributed by atoms with Crippen LogP contribution in [0.2, 0.25) is 0 Å². The van der Waals surface area contributed by atoms with Crippen LogP contribution in [0.5, 0.6) is 5.75 Å². The second kappa shape index (κ2) is 15.7. The molecule has 1 rings (SSSR count). The number of hydrogen-bond acceptors (Lipinski definition) is 4. The van der Waals surface area contributed by atoms with E-state index in [-0.39, 0.29) is 36.3 Å². The third-order valence-electron chi connectivity index (χ3n) is 4.09. The summed E-state index contributed by atoms with van der Waals surface area (Å²) in [6, 6.07) is 5.93. The summed E-state index contributed by atoms with van der Waals surface area (Å²) in [5, 5.41) is 16.7. The van der Waals surface area contributed by atoms with Crippen LogP contribution in [0.4, 0.5) is 8.78 Å². The molecule has 1 unspecified atom stereocenters. The SMILES string of the molecule is CCNC(=NCC(O)c1ccc(OC(F)F)cc1)NCCCN(CC)CC.I. The van der Waals surface area contributed by atoms with Gasteiger partial charge < -0.3 is 25.4 Å². The molecule has 0 fully saturated rings. The molecule has 0 aliphatic heterocycles. The van der Waals surface area contributed by atoms with Crippen molar-refractivity contribution in [2.45, 2.75) is 39.9 Å². The number of halogens is 3. The van der Waals surface area contributed by atoms with Crippen LogP contribution < -0.4 is 15.4 Å². The highest BCUT2D eigenvalue weighted by atomic mass is 127. The molecular formula is C19H33F2IN4O2. The molecule has 3 N–H and O–H groups in total. The van der Waals surface area contributed by atoms with E-state index < -0.39 is 12.7 Å². The minimum Gasteiger partial charge on any atom is -0.435 e. The van der Waals surface area contributed by atoms with E-state index in [0.29, 0.717) is 11.5 Å². The van der Waals surface area contributed by atoms with E-state index in [0.717, 1.165) is 39.1 Å². The van der Waals surface area contributed by atoms with Crippen molar-refractivity contribution in [2.24, 2.45) is 4.99 Å². The second-order valence-electron chi connectivity index (χ2n) is 5.99. The maximum atomic E-state index is 12.2. The van der Waals surface area contributed by atoms with Gasteiger partial charge in [-0.2, -0.15) is 8.78 Å². The van der Waals surface area contributed by atoms with Gasteiger partial charge in [0.15, 0.2) is 5.96 Å². The normalized spacial score (nSPS) is 12.6. The Morgan fingerprint density at radius 3 is 2.32 bits per heavy atom. The summed E-state index contributed by atoms with van der Waals surface area (Å²) in [4.78, 5) is 6.76. The van der Waals surface area contributed by atoms with Gasteiger partial charge in [-0.15, -0.1) is 24.0 Å². The number of aliphatic hydroxyl groups excluding tert-OH is 1. The predicted molar refractivity (Wildman–Crippen MR) is 120 cm³/mol. The number of alkyl halides is 2. The summed E-state index contributed by atoms with van der Waals surface area (Å²) >= 11 is 0. The molecular weight excluding hydrogens is 481 g/mol.